The number of phenolic OH excluding ortho intramolecular Hbond substituents is 1. The van der Waals surface area contributed by atoms with E-state index < -0.39 is 18.1 Å². The van der Waals surface area contributed by atoms with Gasteiger partial charge in [0.1, 0.15) is 11.7 Å². The van der Waals surface area contributed by atoms with E-state index >= 15 is 0 Å². The van der Waals surface area contributed by atoms with Crippen LogP contribution in [-0.2, 0) is 14.4 Å². The standard InChI is InChI=1S/C23H17BrN2O4/c24-15-8-10-16(11-9-15)25-22(28)19-20(14-6-12-18(27)13-7-14)26(30-21(19)23(25)29)17-4-2-1-3-5-17/h1-13,19-21,27H/t19-,20-,21-/m1/s1. The SMILES string of the molecule is O=C1[C@@H]2[C@@H](c3ccc(O)cc3)N(c3ccccc3)O[C@H]2C(=O)N1c1ccc(Br)cc1. The Hall–Kier alpha value is -3.16. The number of anilines is 2. The van der Waals surface area contributed by atoms with Gasteiger partial charge in [0.2, 0.25) is 5.91 Å². The predicted molar refractivity (Wildman–Crippen MR) is 115 cm³/mol. The number of imide groups is 1. The highest BCUT2D eigenvalue weighted by Crippen LogP contribution is 2.47. The van der Waals surface area contributed by atoms with E-state index in [9.17, 15) is 14.7 Å². The van der Waals surface area contributed by atoms with E-state index in [1.54, 1.807) is 53.6 Å². The number of para-hydroxylation sites is 1. The van der Waals surface area contributed by atoms with Crippen LogP contribution in [0.1, 0.15) is 11.6 Å². The third-order valence-electron chi connectivity index (χ3n) is 5.45. The molecule has 0 spiro atoms. The van der Waals surface area contributed by atoms with Crippen LogP contribution in [0.2, 0.25) is 0 Å². The molecule has 150 valence electrons. The Morgan fingerprint density at radius 2 is 1.47 bits per heavy atom. The van der Waals surface area contributed by atoms with Crippen LogP contribution in [0.5, 0.6) is 5.75 Å². The lowest BCUT2D eigenvalue weighted by Crippen LogP contribution is -2.37. The predicted octanol–water partition coefficient (Wildman–Crippen LogP) is 4.21. The van der Waals surface area contributed by atoms with Crippen LogP contribution in [0, 0.1) is 5.92 Å². The van der Waals surface area contributed by atoms with Crippen molar-refractivity contribution >= 4 is 39.1 Å². The zero-order chi connectivity index (χ0) is 20.8. The molecule has 0 aliphatic carbocycles. The summed E-state index contributed by atoms with van der Waals surface area (Å²) in [5.74, 6) is -1.25. The second-order valence-electron chi connectivity index (χ2n) is 7.24. The van der Waals surface area contributed by atoms with Gasteiger partial charge in [0.05, 0.1) is 17.4 Å². The van der Waals surface area contributed by atoms with Gasteiger partial charge in [-0.15, -0.1) is 0 Å². The molecule has 0 radical (unpaired) electrons. The molecule has 2 aliphatic rings. The minimum atomic E-state index is -0.917. The number of hydroxylamine groups is 1. The molecule has 30 heavy (non-hydrogen) atoms. The van der Waals surface area contributed by atoms with Crippen molar-refractivity contribution < 1.29 is 19.5 Å². The molecule has 3 aromatic rings. The summed E-state index contributed by atoms with van der Waals surface area (Å²) in [6, 6.07) is 22.6. The van der Waals surface area contributed by atoms with Crippen LogP contribution in [0.4, 0.5) is 11.4 Å². The topological polar surface area (TPSA) is 70.1 Å². The first kappa shape index (κ1) is 18.8. The Balaban J connectivity index is 1.58. The van der Waals surface area contributed by atoms with Crippen molar-refractivity contribution in [2.75, 3.05) is 9.96 Å². The fraction of sp³-hybridized carbons (Fsp3) is 0.130. The first-order chi connectivity index (χ1) is 14.5. The molecule has 0 unspecified atom stereocenters. The summed E-state index contributed by atoms with van der Waals surface area (Å²) in [6.07, 6.45) is -0.917. The van der Waals surface area contributed by atoms with Crippen molar-refractivity contribution in [3.8, 4) is 5.75 Å². The summed E-state index contributed by atoms with van der Waals surface area (Å²) in [7, 11) is 0. The highest BCUT2D eigenvalue weighted by molar-refractivity contribution is 9.10. The molecular formula is C23H17BrN2O4. The van der Waals surface area contributed by atoms with Gasteiger partial charge in [-0.1, -0.05) is 46.3 Å². The van der Waals surface area contributed by atoms with Crippen LogP contribution in [0.25, 0.3) is 0 Å². The van der Waals surface area contributed by atoms with Crippen molar-refractivity contribution in [1.29, 1.82) is 0 Å². The number of phenols is 1. The smallest absolute Gasteiger partial charge is 0.266 e. The Kier molecular flexibility index (Phi) is 4.56. The van der Waals surface area contributed by atoms with Gasteiger partial charge in [0.15, 0.2) is 6.10 Å². The number of hydrogen-bond donors (Lipinski definition) is 1. The maximum atomic E-state index is 13.4. The fourth-order valence-electron chi connectivity index (χ4n) is 4.07. The normalized spacial score (nSPS) is 23.2. The number of amides is 2. The van der Waals surface area contributed by atoms with Crippen molar-refractivity contribution in [3.63, 3.8) is 0 Å². The van der Waals surface area contributed by atoms with E-state index in [1.807, 2.05) is 30.3 Å². The monoisotopic (exact) mass is 464 g/mol. The summed E-state index contributed by atoms with van der Waals surface area (Å²) >= 11 is 3.37. The number of aromatic hydroxyl groups is 1. The molecule has 6 nitrogen and oxygen atoms in total. The van der Waals surface area contributed by atoms with Crippen LogP contribution in [0.3, 0.4) is 0 Å². The number of hydrogen-bond acceptors (Lipinski definition) is 5. The van der Waals surface area contributed by atoms with Crippen LogP contribution in [-0.4, -0.2) is 23.0 Å². The second kappa shape index (κ2) is 7.27. The number of fused-ring (bicyclic) bond motifs is 1. The number of nitrogens with zero attached hydrogens (tertiary/aromatic N) is 2. The van der Waals surface area contributed by atoms with Crippen molar-refractivity contribution in [2.24, 2.45) is 5.92 Å². The van der Waals surface area contributed by atoms with Gasteiger partial charge in [-0.2, -0.15) is 0 Å². The minimum absolute atomic E-state index is 0.130. The number of halogens is 1. The van der Waals surface area contributed by atoms with E-state index in [1.165, 1.54) is 4.90 Å². The van der Waals surface area contributed by atoms with Gasteiger partial charge in [-0.05, 0) is 54.1 Å². The summed E-state index contributed by atoms with van der Waals surface area (Å²) in [6.45, 7) is 0. The van der Waals surface area contributed by atoms with Gasteiger partial charge in [0.25, 0.3) is 5.91 Å². The number of carbonyl (C=O) groups excluding carboxylic acids is 2. The third-order valence-corrected chi connectivity index (χ3v) is 5.97. The van der Waals surface area contributed by atoms with Gasteiger partial charge < -0.3 is 5.11 Å². The summed E-state index contributed by atoms with van der Waals surface area (Å²) in [4.78, 5) is 33.9. The first-order valence-electron chi connectivity index (χ1n) is 9.48. The van der Waals surface area contributed by atoms with Crippen molar-refractivity contribution in [2.45, 2.75) is 12.1 Å². The Morgan fingerprint density at radius 1 is 0.800 bits per heavy atom. The molecule has 2 amide bonds. The number of rotatable bonds is 3. The molecule has 0 aromatic heterocycles. The van der Waals surface area contributed by atoms with E-state index in [2.05, 4.69) is 15.9 Å². The molecule has 2 aliphatic heterocycles. The van der Waals surface area contributed by atoms with Crippen LogP contribution in [0.15, 0.2) is 83.3 Å². The molecule has 1 N–H and O–H groups in total. The van der Waals surface area contributed by atoms with E-state index in [4.69, 9.17) is 4.84 Å². The van der Waals surface area contributed by atoms with Gasteiger partial charge in [-0.3, -0.25) is 14.4 Å². The van der Waals surface area contributed by atoms with E-state index in [-0.39, 0.29) is 17.6 Å². The number of carbonyl (C=O) groups is 2. The molecular weight excluding hydrogens is 448 g/mol. The van der Waals surface area contributed by atoms with Crippen LogP contribution < -0.4 is 9.96 Å². The van der Waals surface area contributed by atoms with Crippen LogP contribution >= 0.6 is 15.9 Å². The van der Waals surface area contributed by atoms with Crippen molar-refractivity contribution in [3.05, 3.63) is 88.9 Å². The zero-order valence-electron chi connectivity index (χ0n) is 15.7. The lowest BCUT2D eigenvalue weighted by atomic mass is 9.90. The van der Waals surface area contributed by atoms with Crippen molar-refractivity contribution in [1.82, 2.24) is 0 Å². The van der Waals surface area contributed by atoms with Gasteiger partial charge in [-0.25, -0.2) is 9.96 Å². The highest BCUT2D eigenvalue weighted by Gasteiger charge is 2.60. The average molecular weight is 465 g/mol. The molecule has 2 heterocycles. The number of benzene rings is 3. The Labute approximate surface area is 181 Å². The lowest BCUT2D eigenvalue weighted by molar-refractivity contribution is -0.126. The molecule has 3 atom stereocenters. The Bertz CT molecular complexity index is 1100. The quantitative estimate of drug-likeness (QED) is 0.588. The molecule has 2 fully saturated rings. The van der Waals surface area contributed by atoms with Gasteiger partial charge in [0, 0.05) is 4.47 Å². The molecule has 5 rings (SSSR count). The largest absolute Gasteiger partial charge is 0.508 e. The summed E-state index contributed by atoms with van der Waals surface area (Å²) in [5.41, 5.74) is 2.05. The van der Waals surface area contributed by atoms with E-state index in [0.29, 0.717) is 5.69 Å². The summed E-state index contributed by atoms with van der Waals surface area (Å²) in [5, 5.41) is 11.3. The first-order valence-corrected chi connectivity index (χ1v) is 10.3. The second-order valence-corrected chi connectivity index (χ2v) is 8.15. The Morgan fingerprint density at radius 3 is 2.13 bits per heavy atom. The summed E-state index contributed by atoms with van der Waals surface area (Å²) < 4.78 is 0.860. The lowest BCUT2D eigenvalue weighted by Gasteiger charge is -2.28. The molecule has 2 saturated heterocycles. The molecule has 7 heteroatoms. The van der Waals surface area contributed by atoms with Gasteiger partial charge >= 0.3 is 0 Å². The zero-order valence-corrected chi connectivity index (χ0v) is 17.3. The molecule has 0 saturated carbocycles. The minimum Gasteiger partial charge on any atom is -0.508 e. The van der Waals surface area contributed by atoms with E-state index in [0.717, 1.165) is 15.7 Å². The fourth-order valence-corrected chi connectivity index (χ4v) is 4.33. The maximum Gasteiger partial charge on any atom is 0.266 e. The maximum absolute atomic E-state index is 13.4. The third kappa shape index (κ3) is 2.98. The highest BCUT2D eigenvalue weighted by atomic mass is 79.9. The molecule has 3 aromatic carbocycles. The molecule has 0 bridgehead atoms. The average Bonchev–Trinajstić information content (AvgIpc) is 3.27.